The van der Waals surface area contributed by atoms with Gasteiger partial charge in [0.05, 0.1) is 11.0 Å². The zero-order valence-corrected chi connectivity index (χ0v) is 31.1. The van der Waals surface area contributed by atoms with Gasteiger partial charge in [-0.25, -0.2) is 0 Å². The Balaban J connectivity index is 0.000000568. The molecule has 2 aromatic heterocycles. The molecule has 0 bridgehead atoms. The first-order valence-corrected chi connectivity index (χ1v) is 18.5. The molecule has 10 rings (SSSR count). The van der Waals surface area contributed by atoms with Crippen LogP contribution in [0.1, 0.15) is 18.2 Å². The van der Waals surface area contributed by atoms with Crippen molar-refractivity contribution < 1.29 is 4.42 Å². The summed E-state index contributed by atoms with van der Waals surface area (Å²) in [5.74, 6) is 0.748. The van der Waals surface area contributed by atoms with Crippen molar-refractivity contribution in [1.82, 2.24) is 4.57 Å². The van der Waals surface area contributed by atoms with Gasteiger partial charge in [0, 0.05) is 27.4 Å². The summed E-state index contributed by atoms with van der Waals surface area (Å²) in [5.41, 5.74) is 15.2. The molecule has 1 aliphatic rings. The first-order valence-electron chi connectivity index (χ1n) is 18.5. The van der Waals surface area contributed by atoms with Gasteiger partial charge in [-0.15, -0.1) is 6.58 Å². The zero-order valence-electron chi connectivity index (χ0n) is 31.1. The number of hydrogen-bond donors (Lipinski definition) is 0. The fraction of sp³-hybridized carbons (Fsp3) is 0.0189. The number of nitrogens with zero attached hydrogens (tertiary/aromatic N) is 1. The van der Waals surface area contributed by atoms with E-state index in [1.54, 1.807) is 24.3 Å². The average Bonchev–Trinajstić information content (AvgIpc) is 3.89. The van der Waals surface area contributed by atoms with E-state index in [1.807, 2.05) is 13.0 Å². The summed E-state index contributed by atoms with van der Waals surface area (Å²) in [7, 11) is 0. The van der Waals surface area contributed by atoms with Crippen LogP contribution in [0.3, 0.4) is 0 Å². The lowest BCUT2D eigenvalue weighted by molar-refractivity contribution is 0.603. The van der Waals surface area contributed by atoms with Gasteiger partial charge in [0.2, 0.25) is 0 Å². The molecule has 0 atom stereocenters. The minimum absolute atomic E-state index is 0.748. The quantitative estimate of drug-likeness (QED) is 0.124. The SMILES string of the molecule is C=CC.C=CC=C.C=Cc1oc2ccc(-c3ccc4c(c3)c3c5cccc6c5c(cc3n4-c3cccc(-c4ccccc4)c3)-c3ccccc3-6)cc2c1C=C. The van der Waals surface area contributed by atoms with Crippen LogP contribution in [0.2, 0.25) is 0 Å². The van der Waals surface area contributed by atoms with Crippen molar-refractivity contribution in [1.29, 1.82) is 0 Å². The van der Waals surface area contributed by atoms with Gasteiger partial charge in [-0.1, -0.05) is 148 Å². The maximum absolute atomic E-state index is 6.06. The van der Waals surface area contributed by atoms with Gasteiger partial charge in [0.15, 0.2) is 0 Å². The second kappa shape index (κ2) is 14.7. The number of rotatable bonds is 6. The van der Waals surface area contributed by atoms with E-state index < -0.39 is 0 Å². The van der Waals surface area contributed by atoms with Crippen LogP contribution in [0.4, 0.5) is 0 Å². The maximum Gasteiger partial charge on any atom is 0.135 e. The standard InChI is InChI=1S/C46H29NO.C4H6.C3H6/c1-3-33-38-25-31(21-23-44(38)48-43(33)4-2)30-20-22-41-40(26-30)46-37-19-11-18-36-34-16-8-9-17-35(34)39(45(36)37)27-42(46)47(41)32-15-10-14-29(24-32)28-12-6-5-7-13-28;1-3-4-2;1-3-2/h3-27H,1-2H2;3-4H,1-2H2;3H,1H2,2H3. The van der Waals surface area contributed by atoms with Gasteiger partial charge in [-0.3, -0.25) is 0 Å². The summed E-state index contributed by atoms with van der Waals surface area (Å²) >= 11 is 0. The van der Waals surface area contributed by atoms with E-state index in [0.717, 1.165) is 39.1 Å². The highest BCUT2D eigenvalue weighted by atomic mass is 16.3. The van der Waals surface area contributed by atoms with Crippen LogP contribution in [0.15, 0.2) is 195 Å². The summed E-state index contributed by atoms with van der Waals surface area (Å²) in [6.45, 7) is 20.0. The minimum atomic E-state index is 0.748. The summed E-state index contributed by atoms with van der Waals surface area (Å²) in [6, 6.07) is 50.9. The van der Waals surface area contributed by atoms with E-state index in [0.29, 0.717) is 0 Å². The molecule has 0 saturated carbocycles. The largest absolute Gasteiger partial charge is 0.456 e. The van der Waals surface area contributed by atoms with Crippen molar-refractivity contribution >= 4 is 55.7 Å². The van der Waals surface area contributed by atoms with Crippen molar-refractivity contribution in [2.75, 3.05) is 0 Å². The number of aromatic nitrogens is 1. The molecule has 55 heavy (non-hydrogen) atoms. The number of benzene rings is 7. The molecule has 0 saturated heterocycles. The molecule has 9 aromatic rings. The van der Waals surface area contributed by atoms with E-state index in [2.05, 4.69) is 177 Å². The second-order valence-electron chi connectivity index (χ2n) is 13.5. The number of fused-ring (bicyclic) bond motifs is 8. The van der Waals surface area contributed by atoms with Crippen molar-refractivity contribution in [2.45, 2.75) is 6.92 Å². The predicted molar refractivity (Wildman–Crippen MR) is 240 cm³/mol. The van der Waals surface area contributed by atoms with Crippen molar-refractivity contribution in [3.05, 3.63) is 202 Å². The lowest BCUT2D eigenvalue weighted by Gasteiger charge is -2.12. The monoisotopic (exact) mass is 707 g/mol. The Kier molecular flexibility index (Phi) is 9.32. The summed E-state index contributed by atoms with van der Waals surface area (Å²) in [6.07, 6.45) is 8.64. The first-order chi connectivity index (χ1) is 27.0. The highest BCUT2D eigenvalue weighted by Gasteiger charge is 2.25. The molecular formula is C53H41NO. The fourth-order valence-electron chi connectivity index (χ4n) is 7.97. The van der Waals surface area contributed by atoms with Crippen LogP contribution in [-0.4, -0.2) is 4.57 Å². The van der Waals surface area contributed by atoms with Crippen LogP contribution >= 0.6 is 0 Å². The molecule has 0 amide bonds. The molecule has 264 valence electrons. The molecule has 0 N–H and O–H groups in total. The van der Waals surface area contributed by atoms with Gasteiger partial charge in [0.25, 0.3) is 0 Å². The predicted octanol–water partition coefficient (Wildman–Crippen LogP) is 15.5. The summed E-state index contributed by atoms with van der Waals surface area (Å²) in [4.78, 5) is 0. The number of furan rings is 1. The van der Waals surface area contributed by atoms with Gasteiger partial charge < -0.3 is 8.98 Å². The topological polar surface area (TPSA) is 18.1 Å². The molecular weight excluding hydrogens is 667 g/mol. The van der Waals surface area contributed by atoms with Gasteiger partial charge in [0.1, 0.15) is 11.3 Å². The molecule has 7 aromatic carbocycles. The molecule has 0 radical (unpaired) electrons. The molecule has 2 nitrogen and oxygen atoms in total. The van der Waals surface area contributed by atoms with E-state index in [9.17, 15) is 0 Å². The van der Waals surface area contributed by atoms with Crippen molar-refractivity contribution in [3.63, 3.8) is 0 Å². The highest BCUT2D eigenvalue weighted by molar-refractivity contribution is 6.29. The lowest BCUT2D eigenvalue weighted by atomic mass is 9.96. The molecule has 2 heteroatoms. The number of hydrogen-bond acceptors (Lipinski definition) is 1. The molecule has 0 unspecified atom stereocenters. The smallest absolute Gasteiger partial charge is 0.135 e. The van der Waals surface area contributed by atoms with Crippen LogP contribution in [0, 0.1) is 0 Å². The number of allylic oxidation sites excluding steroid dienone is 3. The zero-order chi connectivity index (χ0) is 38.1. The minimum Gasteiger partial charge on any atom is -0.456 e. The highest BCUT2D eigenvalue weighted by Crippen LogP contribution is 2.51. The van der Waals surface area contributed by atoms with Gasteiger partial charge in [-0.05, 0) is 111 Å². The lowest BCUT2D eigenvalue weighted by Crippen LogP contribution is -1.95. The Labute approximate surface area is 322 Å². The van der Waals surface area contributed by atoms with E-state index in [1.165, 1.54) is 66.0 Å². The van der Waals surface area contributed by atoms with Crippen LogP contribution in [-0.2, 0) is 0 Å². The van der Waals surface area contributed by atoms with Crippen molar-refractivity contribution in [3.8, 4) is 50.2 Å². The maximum atomic E-state index is 6.06. The molecule has 0 aliphatic heterocycles. The van der Waals surface area contributed by atoms with Crippen molar-refractivity contribution in [2.24, 2.45) is 0 Å². The Morgan fingerprint density at radius 1 is 0.473 bits per heavy atom. The Bertz CT molecular complexity index is 2960. The summed E-state index contributed by atoms with van der Waals surface area (Å²) in [5, 5.41) is 6.17. The van der Waals surface area contributed by atoms with Crippen LogP contribution < -0.4 is 0 Å². The molecule has 2 heterocycles. The average molecular weight is 708 g/mol. The van der Waals surface area contributed by atoms with E-state index >= 15 is 0 Å². The van der Waals surface area contributed by atoms with E-state index in [-0.39, 0.29) is 0 Å². The molecule has 0 fully saturated rings. The van der Waals surface area contributed by atoms with E-state index in [4.69, 9.17) is 4.42 Å². The normalized spacial score (nSPS) is 11.0. The fourth-order valence-corrected chi connectivity index (χ4v) is 7.97. The third-order valence-electron chi connectivity index (χ3n) is 10.3. The third kappa shape index (κ3) is 5.85. The van der Waals surface area contributed by atoms with Gasteiger partial charge >= 0.3 is 0 Å². The Hall–Kier alpha value is -7.16. The van der Waals surface area contributed by atoms with Gasteiger partial charge in [-0.2, -0.15) is 0 Å². The van der Waals surface area contributed by atoms with Crippen LogP contribution in [0.25, 0.3) is 106 Å². The molecule has 1 aliphatic carbocycles. The Morgan fingerprint density at radius 3 is 1.80 bits per heavy atom. The Morgan fingerprint density at radius 2 is 1.09 bits per heavy atom. The summed E-state index contributed by atoms with van der Waals surface area (Å²) < 4.78 is 8.52. The third-order valence-corrected chi connectivity index (χ3v) is 10.3. The second-order valence-corrected chi connectivity index (χ2v) is 13.5. The van der Waals surface area contributed by atoms with Crippen LogP contribution in [0.5, 0.6) is 0 Å². The molecule has 0 spiro atoms. The first kappa shape index (κ1) is 34.9.